The average Bonchev–Trinajstić information content (AvgIpc) is 0.675. The molecule has 87 heavy (non-hydrogen) atoms. The standard InChI is InChI=1S/C59H94O28/c1-22-32(64)36(68)39(71)49(79-22)83-43-35(67)27(20-61)81-51(42(43)74)86-46-44(84-48-38(70)33(65)25(62)21-78-48)41(73)45(47(75)76)85-52(46)82-31-12-13-56(6)28(55(31,4)5)11-14-57(7)29(56)10-9-23-24-17-54(2,3)15-16-59(24,30(63)18-58(23,57)8)53(77)87-50-40(72)37(69)34(66)26(19-60)80-50/h9,22,24-46,48-52,60-74H,10-21H2,1-8H3,(H,75,76). The molecule has 0 spiro atoms. The predicted octanol–water partition coefficient (Wildman–Crippen LogP) is -3.48. The molecule has 0 aromatic carbocycles. The van der Waals surface area contributed by atoms with Crippen molar-refractivity contribution in [1.29, 1.82) is 0 Å². The smallest absolute Gasteiger partial charge is 0.335 e. The lowest BCUT2D eigenvalue weighted by Gasteiger charge is -2.71. The van der Waals surface area contributed by atoms with Crippen LogP contribution in [0, 0.1) is 50.2 Å². The topological polar surface area (TPSA) is 450 Å². The Labute approximate surface area is 503 Å². The number of hydrogen-bond donors (Lipinski definition) is 16. The number of carboxylic acid groups (broad SMARTS) is 1. The van der Waals surface area contributed by atoms with Crippen LogP contribution in [-0.4, -0.2) is 273 Å². The summed E-state index contributed by atoms with van der Waals surface area (Å²) >= 11 is 0. The molecule has 28 heteroatoms. The Morgan fingerprint density at radius 2 is 1.16 bits per heavy atom. The molecule has 498 valence electrons. The molecule has 10 aliphatic rings. The predicted molar refractivity (Wildman–Crippen MR) is 290 cm³/mol. The van der Waals surface area contributed by atoms with E-state index in [9.17, 15) is 91.3 Å². The van der Waals surface area contributed by atoms with Crippen molar-refractivity contribution in [3.05, 3.63) is 11.6 Å². The molecule has 4 saturated carbocycles. The summed E-state index contributed by atoms with van der Waals surface area (Å²) in [5, 5.41) is 175. The minimum Gasteiger partial charge on any atom is -0.479 e. The van der Waals surface area contributed by atoms with Gasteiger partial charge in [-0.05, 0) is 110 Å². The molecule has 5 aliphatic carbocycles. The van der Waals surface area contributed by atoms with Crippen molar-refractivity contribution in [3.8, 4) is 0 Å². The number of hydrogen-bond acceptors (Lipinski definition) is 27. The average molecular weight is 1250 g/mol. The summed E-state index contributed by atoms with van der Waals surface area (Å²) in [5.74, 6) is -3.16. The molecule has 0 bridgehead atoms. The van der Waals surface area contributed by atoms with E-state index in [-0.39, 0.29) is 30.1 Å². The van der Waals surface area contributed by atoms with E-state index >= 15 is 0 Å². The second kappa shape index (κ2) is 24.6. The first-order valence-corrected chi connectivity index (χ1v) is 30.7. The van der Waals surface area contributed by atoms with Gasteiger partial charge in [0.1, 0.15) is 109 Å². The second-order valence-corrected chi connectivity index (χ2v) is 28.8. The molecule has 0 radical (unpaired) electrons. The molecule has 0 amide bonds. The Balaban J connectivity index is 0.947. The van der Waals surface area contributed by atoms with E-state index in [0.29, 0.717) is 44.9 Å². The SMILES string of the molecule is CC1OC(OC2C(O)C(CO)OC(OC3C(OC4CCC5(C)C(CCC6(C)C5CC=C5C7CC(C)(C)CCC7(C(=O)OC7OC(CO)C(O)C(O)C7O)C(O)CC56C)C4(C)C)OC(C(=O)O)C(O)C3OC3OCC(O)C(O)C3O)C2O)C(O)C(O)C1O. The monoisotopic (exact) mass is 1250 g/mol. The lowest BCUT2D eigenvalue weighted by Crippen LogP contribution is -2.69. The fourth-order valence-corrected chi connectivity index (χ4v) is 17.7. The van der Waals surface area contributed by atoms with Gasteiger partial charge in [0.2, 0.25) is 6.29 Å². The molecule has 28 nitrogen and oxygen atoms in total. The number of aliphatic carboxylic acids is 1. The van der Waals surface area contributed by atoms with Crippen LogP contribution in [0.25, 0.3) is 0 Å². The fourth-order valence-electron chi connectivity index (χ4n) is 17.7. The first kappa shape index (κ1) is 67.6. The Hall–Kier alpha value is -2.28. The summed E-state index contributed by atoms with van der Waals surface area (Å²) in [4.78, 5) is 28.0. The third kappa shape index (κ3) is 11.2. The van der Waals surface area contributed by atoms with Crippen LogP contribution >= 0.6 is 0 Å². The first-order chi connectivity index (χ1) is 40.6. The maximum absolute atomic E-state index is 14.9. The lowest BCUT2D eigenvalue weighted by molar-refractivity contribution is -0.400. The van der Waals surface area contributed by atoms with Gasteiger partial charge < -0.3 is 129 Å². The van der Waals surface area contributed by atoms with Crippen molar-refractivity contribution in [3.63, 3.8) is 0 Å². The van der Waals surface area contributed by atoms with Crippen LogP contribution in [0.1, 0.15) is 113 Å². The van der Waals surface area contributed by atoms with Crippen LogP contribution in [-0.2, 0) is 57.0 Å². The third-order valence-electron chi connectivity index (χ3n) is 23.1. The van der Waals surface area contributed by atoms with Gasteiger partial charge in [-0.2, -0.15) is 0 Å². The van der Waals surface area contributed by atoms with Crippen LogP contribution in [0.5, 0.6) is 0 Å². The summed E-state index contributed by atoms with van der Waals surface area (Å²) < 4.78 is 60.2. The van der Waals surface area contributed by atoms with Gasteiger partial charge in [0.25, 0.3) is 0 Å². The molecule has 16 N–H and O–H groups in total. The maximum Gasteiger partial charge on any atom is 0.335 e. The number of carbonyl (C=O) groups is 2. The van der Waals surface area contributed by atoms with Crippen molar-refractivity contribution in [2.45, 2.75) is 273 Å². The van der Waals surface area contributed by atoms with Gasteiger partial charge in [0.05, 0.1) is 38.1 Å². The molecule has 5 aliphatic heterocycles. The maximum atomic E-state index is 14.9. The summed E-state index contributed by atoms with van der Waals surface area (Å²) in [5.41, 5.74) is -3.12. The van der Waals surface area contributed by atoms with Gasteiger partial charge in [-0.1, -0.05) is 60.1 Å². The van der Waals surface area contributed by atoms with Gasteiger partial charge in [-0.25, -0.2) is 4.79 Å². The van der Waals surface area contributed by atoms with Gasteiger partial charge in [0.15, 0.2) is 31.3 Å². The zero-order valence-corrected chi connectivity index (χ0v) is 50.4. The number of esters is 1. The van der Waals surface area contributed by atoms with Gasteiger partial charge >= 0.3 is 11.9 Å². The molecular weight excluding hydrogens is 1160 g/mol. The molecule has 33 unspecified atom stereocenters. The molecule has 33 atom stereocenters. The van der Waals surface area contributed by atoms with Crippen LogP contribution in [0.15, 0.2) is 11.6 Å². The normalized spacial score (nSPS) is 54.0. The number of allylic oxidation sites excluding steroid dienone is 2. The van der Waals surface area contributed by atoms with Crippen molar-refractivity contribution >= 4 is 11.9 Å². The van der Waals surface area contributed by atoms with Crippen molar-refractivity contribution in [2.75, 3.05) is 19.8 Å². The summed E-state index contributed by atoms with van der Waals surface area (Å²) in [6, 6.07) is 0. The Morgan fingerprint density at radius 3 is 1.83 bits per heavy atom. The van der Waals surface area contributed by atoms with E-state index in [0.717, 1.165) is 5.57 Å². The van der Waals surface area contributed by atoms with E-state index in [1.165, 1.54) is 6.92 Å². The van der Waals surface area contributed by atoms with E-state index in [2.05, 4.69) is 40.7 Å². The minimum atomic E-state index is -2.19. The number of rotatable bonds is 13. The van der Waals surface area contributed by atoms with E-state index in [1.54, 1.807) is 0 Å². The van der Waals surface area contributed by atoms with Crippen LogP contribution in [0.2, 0.25) is 0 Å². The number of aliphatic hydroxyl groups is 15. The van der Waals surface area contributed by atoms with Crippen molar-refractivity contribution in [1.82, 2.24) is 0 Å². The molecule has 9 fully saturated rings. The molecular formula is C59H94O28. The second-order valence-electron chi connectivity index (χ2n) is 28.8. The van der Waals surface area contributed by atoms with Crippen molar-refractivity contribution in [2.24, 2.45) is 50.2 Å². The van der Waals surface area contributed by atoms with Crippen LogP contribution < -0.4 is 0 Å². The molecule has 5 saturated heterocycles. The highest BCUT2D eigenvalue weighted by Crippen LogP contribution is 2.76. The van der Waals surface area contributed by atoms with Gasteiger partial charge in [-0.15, -0.1) is 0 Å². The summed E-state index contributed by atoms with van der Waals surface area (Å²) in [6.07, 6.45) is -38.9. The molecule has 0 aromatic rings. The highest BCUT2D eigenvalue weighted by atomic mass is 16.8. The minimum absolute atomic E-state index is 0.0243. The van der Waals surface area contributed by atoms with Gasteiger partial charge in [0, 0.05) is 0 Å². The Bertz CT molecular complexity index is 2490. The molecule has 10 rings (SSSR count). The van der Waals surface area contributed by atoms with Crippen LogP contribution in [0.4, 0.5) is 0 Å². The number of carboxylic acids is 1. The van der Waals surface area contributed by atoms with E-state index < -0.39 is 224 Å². The highest BCUT2D eigenvalue weighted by molar-refractivity contribution is 5.80. The van der Waals surface area contributed by atoms with Gasteiger partial charge in [-0.3, -0.25) is 4.79 Å². The van der Waals surface area contributed by atoms with Crippen molar-refractivity contribution < 1.29 is 139 Å². The van der Waals surface area contributed by atoms with E-state index in [1.807, 2.05) is 13.8 Å². The molecule has 5 heterocycles. The number of aliphatic hydroxyl groups excluding tert-OH is 15. The van der Waals surface area contributed by atoms with Crippen LogP contribution in [0.3, 0.4) is 0 Å². The number of ether oxygens (including phenoxy) is 10. The first-order valence-electron chi connectivity index (χ1n) is 30.7. The Kier molecular flexibility index (Phi) is 19.1. The summed E-state index contributed by atoms with van der Waals surface area (Å²) in [6.45, 7) is 14.1. The lowest BCUT2D eigenvalue weighted by atomic mass is 9.33. The Morgan fingerprint density at radius 1 is 0.563 bits per heavy atom. The zero-order chi connectivity index (χ0) is 63.7. The molecule has 0 aromatic heterocycles. The highest BCUT2D eigenvalue weighted by Gasteiger charge is 2.72. The fraction of sp³-hybridized carbons (Fsp3) is 0.932. The zero-order valence-electron chi connectivity index (χ0n) is 50.4. The largest absolute Gasteiger partial charge is 0.479 e. The number of fused-ring (bicyclic) bond motifs is 7. The summed E-state index contributed by atoms with van der Waals surface area (Å²) in [7, 11) is 0. The van der Waals surface area contributed by atoms with E-state index in [4.69, 9.17) is 47.4 Å². The third-order valence-corrected chi connectivity index (χ3v) is 23.1. The number of carbonyl (C=O) groups excluding carboxylic acids is 1. The quantitative estimate of drug-likeness (QED) is 0.0484.